The highest BCUT2D eigenvalue weighted by atomic mass is 31.2. The van der Waals surface area contributed by atoms with Crippen LogP contribution in [0.25, 0.3) is 11.2 Å². The molecule has 4 rings (SSSR count). The molecule has 0 bridgehead atoms. The van der Waals surface area contributed by atoms with Gasteiger partial charge in [0.15, 0.2) is 11.2 Å². The number of carbonyl (C=O) groups is 1. The fourth-order valence-corrected chi connectivity index (χ4v) is 4.03. The van der Waals surface area contributed by atoms with E-state index in [1.54, 1.807) is 47.0 Å². The highest BCUT2D eigenvalue weighted by Gasteiger charge is 2.15. The first kappa shape index (κ1) is 26.2. The summed E-state index contributed by atoms with van der Waals surface area (Å²) in [5.74, 6) is -0.0884. The molecule has 0 amide bonds. The molecular formula is C23H23FN5O7P. The first-order valence-corrected chi connectivity index (χ1v) is 12.3. The zero-order valence-corrected chi connectivity index (χ0v) is 20.3. The average Bonchev–Trinajstić information content (AvgIpc) is 3.28. The predicted molar refractivity (Wildman–Crippen MR) is 131 cm³/mol. The molecule has 37 heavy (non-hydrogen) atoms. The second-order valence-electron chi connectivity index (χ2n) is 7.39. The van der Waals surface area contributed by atoms with E-state index in [1.165, 1.54) is 18.5 Å². The van der Waals surface area contributed by atoms with Crippen LogP contribution in [0.5, 0.6) is 5.75 Å². The third-order valence-electron chi connectivity index (χ3n) is 4.75. The molecule has 4 aromatic rings. The number of para-hydroxylation sites is 1. The number of rotatable bonds is 12. The molecule has 0 aliphatic heterocycles. The molecule has 2 aromatic heterocycles. The molecule has 12 nitrogen and oxygen atoms in total. The number of carbonyl (C=O) groups excluding carboxylic acids is 1. The fourth-order valence-electron chi connectivity index (χ4n) is 3.07. The van der Waals surface area contributed by atoms with Crippen LogP contribution in [0.4, 0.5) is 15.1 Å². The average molecular weight is 531 g/mol. The number of aromatic amines is 1. The number of nitrogens with two attached hydrogens (primary N) is 1. The summed E-state index contributed by atoms with van der Waals surface area (Å²) in [5.41, 5.74) is 6.27. The van der Waals surface area contributed by atoms with Crippen molar-refractivity contribution in [2.75, 3.05) is 25.5 Å². The Morgan fingerprint density at radius 3 is 2.78 bits per heavy atom. The second kappa shape index (κ2) is 12.9. The van der Waals surface area contributed by atoms with Crippen LogP contribution >= 0.6 is 8.38 Å². The maximum absolute atomic E-state index is 13.5. The van der Waals surface area contributed by atoms with Crippen molar-refractivity contribution in [2.45, 2.75) is 13.2 Å². The van der Waals surface area contributed by atoms with E-state index in [2.05, 4.69) is 15.0 Å². The van der Waals surface area contributed by atoms with Gasteiger partial charge < -0.3 is 29.0 Å². The Labute approximate surface area is 211 Å². The van der Waals surface area contributed by atoms with E-state index in [9.17, 15) is 14.0 Å². The molecule has 0 aliphatic carbocycles. The normalized spacial score (nSPS) is 11.9. The zero-order valence-electron chi connectivity index (χ0n) is 19.4. The summed E-state index contributed by atoms with van der Waals surface area (Å²) in [6.07, 6.45) is 0.535. The molecule has 1 unspecified atom stereocenters. The molecule has 3 N–H and O–H groups in total. The minimum atomic E-state index is -1.69. The van der Waals surface area contributed by atoms with Gasteiger partial charge in [-0.25, -0.2) is 14.2 Å². The standard InChI is InChI=1S/C23H23FN5O7P/c24-17-6-4-5-16(11-17)12-34-37(35-14-33-23(31)36-18-7-2-1-3-8-18)15-32-10-9-29-13-26-19-20(29)27-22(25)28-21(19)30/h1-8,11,13H,9-10,12,14-15H2,(H3,25,27,28,30). The van der Waals surface area contributed by atoms with Crippen LogP contribution in [-0.2, 0) is 31.7 Å². The fraction of sp³-hybridized carbons (Fsp3) is 0.217. The summed E-state index contributed by atoms with van der Waals surface area (Å²) >= 11 is 0. The number of H-pyrrole nitrogens is 1. The molecule has 0 spiro atoms. The Balaban J connectivity index is 1.29. The topological polar surface area (TPSA) is 153 Å². The molecule has 2 heterocycles. The Morgan fingerprint density at radius 1 is 1.14 bits per heavy atom. The molecule has 0 saturated carbocycles. The maximum atomic E-state index is 13.5. The van der Waals surface area contributed by atoms with E-state index in [0.717, 1.165) is 0 Å². The van der Waals surface area contributed by atoms with Crippen molar-refractivity contribution in [1.29, 1.82) is 0 Å². The highest BCUT2D eigenvalue weighted by Crippen LogP contribution is 2.39. The van der Waals surface area contributed by atoms with Crippen LogP contribution in [-0.4, -0.2) is 45.4 Å². The lowest BCUT2D eigenvalue weighted by atomic mass is 10.2. The van der Waals surface area contributed by atoms with E-state index in [1.807, 2.05) is 0 Å². The van der Waals surface area contributed by atoms with Crippen molar-refractivity contribution in [3.05, 3.63) is 82.7 Å². The van der Waals surface area contributed by atoms with E-state index in [-0.39, 0.29) is 31.0 Å². The Kier molecular flexibility index (Phi) is 9.11. The van der Waals surface area contributed by atoms with E-state index in [4.69, 9.17) is 29.0 Å². The number of imidazole rings is 1. The van der Waals surface area contributed by atoms with E-state index >= 15 is 0 Å². The van der Waals surface area contributed by atoms with Crippen LogP contribution in [0.1, 0.15) is 5.56 Å². The number of hydrogen-bond acceptors (Lipinski definition) is 10. The molecule has 0 fully saturated rings. The predicted octanol–water partition coefficient (Wildman–Crippen LogP) is 3.53. The second-order valence-corrected chi connectivity index (χ2v) is 8.83. The van der Waals surface area contributed by atoms with Gasteiger partial charge >= 0.3 is 6.16 Å². The number of fused-ring (bicyclic) bond motifs is 1. The van der Waals surface area contributed by atoms with Gasteiger partial charge in [-0.1, -0.05) is 30.3 Å². The van der Waals surface area contributed by atoms with Gasteiger partial charge in [0.1, 0.15) is 17.9 Å². The van der Waals surface area contributed by atoms with Gasteiger partial charge in [-0.15, -0.1) is 0 Å². The Bertz CT molecular complexity index is 1380. The van der Waals surface area contributed by atoms with Crippen molar-refractivity contribution in [3.63, 3.8) is 0 Å². The molecule has 1 atom stereocenters. The number of benzene rings is 2. The van der Waals surface area contributed by atoms with Gasteiger partial charge in [-0.05, 0) is 29.8 Å². The Morgan fingerprint density at radius 2 is 1.97 bits per heavy atom. The number of hydrogen-bond donors (Lipinski definition) is 2. The third-order valence-corrected chi connectivity index (χ3v) is 5.95. The zero-order chi connectivity index (χ0) is 26.0. The molecule has 0 saturated heterocycles. The van der Waals surface area contributed by atoms with Crippen LogP contribution in [0.2, 0.25) is 0 Å². The van der Waals surface area contributed by atoms with Crippen LogP contribution < -0.4 is 16.0 Å². The van der Waals surface area contributed by atoms with Crippen molar-refractivity contribution in [2.24, 2.45) is 0 Å². The minimum Gasteiger partial charge on any atom is -0.406 e. The molecule has 0 aliphatic rings. The summed E-state index contributed by atoms with van der Waals surface area (Å²) in [7, 11) is -1.69. The molecule has 0 radical (unpaired) electrons. The summed E-state index contributed by atoms with van der Waals surface area (Å²) in [6.45, 7) is 0.128. The number of anilines is 1. The van der Waals surface area contributed by atoms with Crippen LogP contribution in [0.15, 0.2) is 65.7 Å². The number of nitrogens with zero attached hydrogens (tertiary/aromatic N) is 3. The lowest BCUT2D eigenvalue weighted by molar-refractivity contribution is 0.0244. The van der Waals surface area contributed by atoms with Crippen molar-refractivity contribution >= 4 is 31.6 Å². The van der Waals surface area contributed by atoms with E-state index < -0.39 is 32.7 Å². The quantitative estimate of drug-likeness (QED) is 0.0913. The molecule has 2 aromatic carbocycles. The number of halogens is 1. The summed E-state index contributed by atoms with van der Waals surface area (Å²) in [5, 5.41) is 0. The largest absolute Gasteiger partial charge is 0.515 e. The molecule has 14 heteroatoms. The van der Waals surface area contributed by atoms with Gasteiger partial charge in [0, 0.05) is 6.54 Å². The summed E-state index contributed by atoms with van der Waals surface area (Å²) in [4.78, 5) is 34.3. The lowest BCUT2D eigenvalue weighted by Crippen LogP contribution is -2.14. The van der Waals surface area contributed by atoms with Crippen LogP contribution in [0.3, 0.4) is 0 Å². The van der Waals surface area contributed by atoms with Gasteiger partial charge in [0.05, 0.1) is 19.5 Å². The van der Waals surface area contributed by atoms with E-state index in [0.29, 0.717) is 23.5 Å². The van der Waals surface area contributed by atoms with Crippen molar-refractivity contribution < 1.29 is 32.4 Å². The lowest BCUT2D eigenvalue weighted by Gasteiger charge is -2.17. The van der Waals surface area contributed by atoms with Gasteiger partial charge in [-0.2, -0.15) is 4.98 Å². The number of nitrogens with one attached hydrogen (secondary N) is 1. The maximum Gasteiger partial charge on any atom is 0.515 e. The first-order valence-electron chi connectivity index (χ1n) is 10.9. The van der Waals surface area contributed by atoms with Crippen molar-refractivity contribution in [1.82, 2.24) is 19.5 Å². The van der Waals surface area contributed by atoms with Crippen LogP contribution in [0, 0.1) is 5.82 Å². The van der Waals surface area contributed by atoms with Gasteiger partial charge in [0.25, 0.3) is 5.56 Å². The van der Waals surface area contributed by atoms with Gasteiger partial charge in [-0.3, -0.25) is 14.3 Å². The molecule has 194 valence electrons. The summed E-state index contributed by atoms with van der Waals surface area (Å²) in [6, 6.07) is 14.4. The SMILES string of the molecule is Nc1nc2c(ncn2CCOCP(OCOC(=O)Oc2ccccc2)OCc2cccc(F)c2)c(=O)[nH]1. The molecular weight excluding hydrogens is 508 g/mol. The minimum absolute atomic E-state index is 0.0184. The van der Waals surface area contributed by atoms with Crippen molar-refractivity contribution in [3.8, 4) is 5.75 Å². The monoisotopic (exact) mass is 531 g/mol. The number of aromatic nitrogens is 4. The third kappa shape index (κ3) is 7.79. The summed E-state index contributed by atoms with van der Waals surface area (Å²) < 4.78 is 42.1. The first-order chi connectivity index (χ1) is 18.0. The smallest absolute Gasteiger partial charge is 0.406 e. The Hall–Kier alpha value is -3.90. The number of ether oxygens (including phenoxy) is 3. The highest BCUT2D eigenvalue weighted by molar-refractivity contribution is 7.46. The van der Waals surface area contributed by atoms with Gasteiger partial charge in [0.2, 0.25) is 21.1 Å². The number of nitrogen functional groups attached to an aromatic ring is 1.